The predicted molar refractivity (Wildman–Crippen MR) is 144 cm³/mol. The SMILES string of the molecule is CCCCc1nc(Cl)c(CNC(=O)C(CS)Cc2ccccc2)n1Cc1ccc(C(=O)O)cc1OC. The first kappa shape index (κ1) is 27.6. The van der Waals surface area contributed by atoms with Gasteiger partial charge in [-0.1, -0.05) is 61.3 Å². The number of ether oxygens (including phenoxy) is 1. The highest BCUT2D eigenvalue weighted by Crippen LogP contribution is 2.26. The smallest absolute Gasteiger partial charge is 0.335 e. The van der Waals surface area contributed by atoms with Crippen LogP contribution in [0.25, 0.3) is 0 Å². The average molecular weight is 530 g/mol. The van der Waals surface area contributed by atoms with Crippen molar-refractivity contribution in [1.82, 2.24) is 14.9 Å². The van der Waals surface area contributed by atoms with E-state index in [9.17, 15) is 14.7 Å². The molecule has 1 unspecified atom stereocenters. The van der Waals surface area contributed by atoms with Crippen molar-refractivity contribution in [2.45, 2.75) is 45.7 Å². The second kappa shape index (κ2) is 13.4. The third kappa shape index (κ3) is 7.04. The summed E-state index contributed by atoms with van der Waals surface area (Å²) in [6, 6.07) is 14.6. The lowest BCUT2D eigenvalue weighted by atomic mass is 10.0. The molecule has 9 heteroatoms. The number of thiol groups is 1. The number of aromatic nitrogens is 2. The number of amides is 1. The molecule has 3 aromatic rings. The van der Waals surface area contributed by atoms with Crippen molar-refractivity contribution in [2.75, 3.05) is 12.9 Å². The number of nitrogens with one attached hydrogen (secondary N) is 1. The van der Waals surface area contributed by atoms with Gasteiger partial charge >= 0.3 is 5.97 Å². The summed E-state index contributed by atoms with van der Waals surface area (Å²) in [7, 11) is 1.51. The van der Waals surface area contributed by atoms with Crippen LogP contribution in [0, 0.1) is 5.92 Å². The van der Waals surface area contributed by atoms with Crippen molar-refractivity contribution in [2.24, 2.45) is 5.92 Å². The summed E-state index contributed by atoms with van der Waals surface area (Å²) >= 11 is 11.0. The number of rotatable bonds is 13. The summed E-state index contributed by atoms with van der Waals surface area (Å²) in [6.07, 6.45) is 3.26. The molecule has 0 spiro atoms. The van der Waals surface area contributed by atoms with Gasteiger partial charge in [0.15, 0.2) is 5.15 Å². The lowest BCUT2D eigenvalue weighted by Gasteiger charge is -2.17. The van der Waals surface area contributed by atoms with Gasteiger partial charge in [0.1, 0.15) is 11.6 Å². The Bertz CT molecular complexity index is 1180. The van der Waals surface area contributed by atoms with Crippen LogP contribution in [-0.4, -0.2) is 39.4 Å². The van der Waals surface area contributed by atoms with Gasteiger partial charge in [-0.15, -0.1) is 0 Å². The first-order valence-electron chi connectivity index (χ1n) is 11.9. The summed E-state index contributed by atoms with van der Waals surface area (Å²) in [5, 5.41) is 12.7. The number of unbranched alkanes of at least 4 members (excludes halogenated alkanes) is 1. The fourth-order valence-electron chi connectivity index (χ4n) is 4.02. The molecule has 0 aliphatic rings. The molecule has 7 nitrogen and oxygen atoms in total. The first-order valence-corrected chi connectivity index (χ1v) is 12.9. The van der Waals surface area contributed by atoms with Gasteiger partial charge < -0.3 is 19.7 Å². The van der Waals surface area contributed by atoms with E-state index >= 15 is 0 Å². The van der Waals surface area contributed by atoms with E-state index in [1.165, 1.54) is 13.2 Å². The number of carbonyl (C=O) groups is 2. The Balaban J connectivity index is 1.84. The minimum Gasteiger partial charge on any atom is -0.496 e. The van der Waals surface area contributed by atoms with Gasteiger partial charge in [-0.3, -0.25) is 4.79 Å². The van der Waals surface area contributed by atoms with Gasteiger partial charge in [0.2, 0.25) is 5.91 Å². The number of methoxy groups -OCH3 is 1. The number of benzene rings is 2. The molecule has 3 rings (SSSR count). The molecule has 1 heterocycles. The summed E-state index contributed by atoms with van der Waals surface area (Å²) in [6.45, 7) is 2.70. The summed E-state index contributed by atoms with van der Waals surface area (Å²) in [4.78, 5) is 29.0. The summed E-state index contributed by atoms with van der Waals surface area (Å²) < 4.78 is 7.46. The maximum atomic E-state index is 13.0. The van der Waals surface area contributed by atoms with E-state index in [0.717, 1.165) is 36.2 Å². The zero-order valence-corrected chi connectivity index (χ0v) is 22.2. The van der Waals surface area contributed by atoms with Gasteiger partial charge in [-0.2, -0.15) is 12.6 Å². The minimum absolute atomic E-state index is 0.101. The first-order chi connectivity index (χ1) is 17.4. The monoisotopic (exact) mass is 529 g/mol. The molecule has 192 valence electrons. The van der Waals surface area contributed by atoms with E-state index in [1.807, 2.05) is 34.9 Å². The van der Waals surface area contributed by atoms with Gasteiger partial charge in [0, 0.05) is 17.7 Å². The number of aryl methyl sites for hydroxylation is 1. The third-order valence-electron chi connectivity index (χ3n) is 6.07. The standard InChI is InChI=1S/C27H32ClN3O4S/c1-3-4-10-24-30-25(28)22(15-29-26(32)21(17-36)13-18-8-6-5-7-9-18)31(24)16-20-12-11-19(27(33)34)14-23(20)35-2/h5-9,11-12,14,21,36H,3-4,10,13,15-17H2,1-2H3,(H,29,32)(H,33,34). The van der Waals surface area contributed by atoms with Crippen molar-refractivity contribution >= 4 is 36.1 Å². The Kier molecular flexibility index (Phi) is 10.3. The Morgan fingerprint density at radius 1 is 1.22 bits per heavy atom. The number of hydrogen-bond donors (Lipinski definition) is 3. The Morgan fingerprint density at radius 2 is 1.97 bits per heavy atom. The maximum absolute atomic E-state index is 13.0. The number of nitrogens with zero attached hydrogens (tertiary/aromatic N) is 2. The second-order valence-corrected chi connectivity index (χ2v) is 9.30. The van der Waals surface area contributed by atoms with Crippen LogP contribution in [0.1, 0.15) is 52.8 Å². The molecule has 2 aromatic carbocycles. The van der Waals surface area contributed by atoms with E-state index in [-0.39, 0.29) is 23.9 Å². The molecule has 2 N–H and O–H groups in total. The van der Waals surface area contributed by atoms with Gasteiger partial charge in [-0.25, -0.2) is 9.78 Å². The molecule has 0 bridgehead atoms. The minimum atomic E-state index is -1.02. The van der Waals surface area contributed by atoms with E-state index in [2.05, 4.69) is 29.9 Å². The van der Waals surface area contributed by atoms with Crippen molar-refractivity contribution in [3.8, 4) is 5.75 Å². The molecule has 36 heavy (non-hydrogen) atoms. The number of halogens is 1. The number of carboxylic acids is 1. The molecule has 0 saturated heterocycles. The molecular weight excluding hydrogens is 498 g/mol. The van der Waals surface area contributed by atoms with Gasteiger partial charge in [-0.05, 0) is 30.5 Å². The lowest BCUT2D eigenvalue weighted by molar-refractivity contribution is -0.124. The maximum Gasteiger partial charge on any atom is 0.335 e. The highest BCUT2D eigenvalue weighted by atomic mass is 35.5. The quantitative estimate of drug-likeness (QED) is 0.270. The van der Waals surface area contributed by atoms with E-state index in [1.54, 1.807) is 12.1 Å². The molecular formula is C27H32ClN3O4S. The average Bonchev–Trinajstić information content (AvgIpc) is 3.18. The van der Waals surface area contributed by atoms with Crippen LogP contribution >= 0.6 is 24.2 Å². The normalized spacial score (nSPS) is 11.8. The molecule has 0 radical (unpaired) electrons. The zero-order chi connectivity index (χ0) is 26.1. The highest BCUT2D eigenvalue weighted by molar-refractivity contribution is 7.80. The fourth-order valence-corrected chi connectivity index (χ4v) is 4.58. The van der Waals surface area contributed by atoms with E-state index in [0.29, 0.717) is 35.3 Å². The van der Waals surface area contributed by atoms with Crippen LogP contribution in [0.4, 0.5) is 0 Å². The number of imidazole rings is 1. The van der Waals surface area contributed by atoms with Crippen molar-refractivity contribution < 1.29 is 19.4 Å². The van der Waals surface area contributed by atoms with Crippen LogP contribution in [0.2, 0.25) is 5.15 Å². The molecule has 0 aliphatic carbocycles. The molecule has 1 atom stereocenters. The van der Waals surface area contributed by atoms with Gasteiger partial charge in [0.05, 0.1) is 37.4 Å². The lowest BCUT2D eigenvalue weighted by Crippen LogP contribution is -2.33. The molecule has 0 aliphatic heterocycles. The largest absolute Gasteiger partial charge is 0.496 e. The third-order valence-corrected chi connectivity index (χ3v) is 6.81. The van der Waals surface area contributed by atoms with Gasteiger partial charge in [0.25, 0.3) is 0 Å². The highest BCUT2D eigenvalue weighted by Gasteiger charge is 2.21. The van der Waals surface area contributed by atoms with E-state index in [4.69, 9.17) is 16.3 Å². The number of aromatic carboxylic acids is 1. The Morgan fingerprint density at radius 3 is 2.61 bits per heavy atom. The number of carbonyl (C=O) groups excluding carboxylic acids is 1. The molecule has 1 aromatic heterocycles. The topological polar surface area (TPSA) is 93.5 Å². The summed E-state index contributed by atoms with van der Waals surface area (Å²) in [5.41, 5.74) is 2.71. The molecule has 0 fully saturated rings. The predicted octanol–water partition coefficient (Wildman–Crippen LogP) is 5.04. The van der Waals surface area contributed by atoms with Crippen LogP contribution < -0.4 is 10.1 Å². The van der Waals surface area contributed by atoms with Crippen molar-refractivity contribution in [1.29, 1.82) is 0 Å². The van der Waals surface area contributed by atoms with Crippen LogP contribution in [-0.2, 0) is 30.7 Å². The Hall–Kier alpha value is -2.97. The molecule has 1 amide bonds. The Labute approximate surface area is 222 Å². The van der Waals surface area contributed by atoms with Crippen LogP contribution in [0.3, 0.4) is 0 Å². The van der Waals surface area contributed by atoms with Crippen LogP contribution in [0.5, 0.6) is 5.75 Å². The van der Waals surface area contributed by atoms with Crippen molar-refractivity contribution in [3.05, 3.63) is 81.9 Å². The fraction of sp³-hybridized carbons (Fsp3) is 0.370. The zero-order valence-electron chi connectivity index (χ0n) is 20.5. The van der Waals surface area contributed by atoms with Crippen molar-refractivity contribution in [3.63, 3.8) is 0 Å². The number of hydrogen-bond acceptors (Lipinski definition) is 5. The number of carboxylic acid groups (broad SMARTS) is 1. The second-order valence-electron chi connectivity index (χ2n) is 8.57. The molecule has 0 saturated carbocycles. The summed E-state index contributed by atoms with van der Waals surface area (Å²) in [5.74, 6) is 0.291. The van der Waals surface area contributed by atoms with Crippen LogP contribution in [0.15, 0.2) is 48.5 Å². The van der Waals surface area contributed by atoms with E-state index < -0.39 is 5.97 Å².